The third-order valence-corrected chi connectivity index (χ3v) is 10.6. The van der Waals surface area contributed by atoms with E-state index in [0.717, 1.165) is 66.6 Å². The average Bonchev–Trinajstić information content (AvgIpc) is 3.43. The standard InChI is InChI=1S/C37H42ClN3O2/c1-37(2,3)21-22-17-24-7-8-27-26-5-4-6-31(38)28(26)9-10-29(27)35(24)25(18-22)19-34(42)41-15-12-23(13-16-41)30-20-33-32(11-14-39-33)40-36(30)43/h4-8,11,14,20,22-23,25,39H,9-10,12-13,15-19,21H2,1-3H3,(H,40,43). The number of pyridine rings is 1. The molecule has 1 saturated heterocycles. The Balaban J connectivity index is 1.14. The second-order valence-corrected chi connectivity index (χ2v) is 14.8. The maximum Gasteiger partial charge on any atom is 0.252 e. The van der Waals surface area contributed by atoms with Crippen LogP contribution in [-0.4, -0.2) is 33.9 Å². The van der Waals surface area contributed by atoms with E-state index in [2.05, 4.69) is 59.9 Å². The summed E-state index contributed by atoms with van der Waals surface area (Å²) in [5.41, 5.74) is 11.0. The number of likely N-dealkylation sites (tertiary alicyclic amines) is 1. The first kappa shape index (κ1) is 28.5. The lowest BCUT2D eigenvalue weighted by Crippen LogP contribution is -2.40. The van der Waals surface area contributed by atoms with E-state index in [0.29, 0.717) is 25.4 Å². The van der Waals surface area contributed by atoms with E-state index < -0.39 is 0 Å². The number of H-pyrrole nitrogens is 2. The molecular weight excluding hydrogens is 554 g/mol. The van der Waals surface area contributed by atoms with Crippen LogP contribution in [0.5, 0.6) is 0 Å². The van der Waals surface area contributed by atoms with Crippen LogP contribution < -0.4 is 5.56 Å². The van der Waals surface area contributed by atoms with Gasteiger partial charge in [-0.2, -0.15) is 0 Å². The van der Waals surface area contributed by atoms with Crippen LogP contribution >= 0.6 is 11.6 Å². The maximum absolute atomic E-state index is 14.0. The number of carbonyl (C=O) groups excluding carboxylic acids is 1. The molecule has 2 aromatic carbocycles. The third-order valence-electron chi connectivity index (χ3n) is 10.2. The lowest BCUT2D eigenvalue weighted by molar-refractivity contribution is -0.132. The van der Waals surface area contributed by atoms with Gasteiger partial charge in [0.25, 0.3) is 5.56 Å². The Morgan fingerprint density at radius 2 is 1.77 bits per heavy atom. The average molecular weight is 596 g/mol. The van der Waals surface area contributed by atoms with Crippen molar-refractivity contribution < 1.29 is 4.79 Å². The van der Waals surface area contributed by atoms with Gasteiger partial charge in [-0.1, -0.05) is 56.6 Å². The number of benzene rings is 2. The Kier molecular flexibility index (Phi) is 7.28. The Morgan fingerprint density at radius 3 is 2.56 bits per heavy atom. The molecule has 5 nitrogen and oxygen atoms in total. The number of fused-ring (bicyclic) bond motifs is 6. The molecule has 224 valence electrons. The van der Waals surface area contributed by atoms with Crippen molar-refractivity contribution in [3.05, 3.63) is 91.9 Å². The zero-order valence-electron chi connectivity index (χ0n) is 25.6. The van der Waals surface area contributed by atoms with Crippen LogP contribution in [0.3, 0.4) is 0 Å². The zero-order chi connectivity index (χ0) is 29.9. The Labute approximate surface area is 259 Å². The summed E-state index contributed by atoms with van der Waals surface area (Å²) < 4.78 is 0. The zero-order valence-corrected chi connectivity index (χ0v) is 26.3. The number of hydrogen-bond acceptors (Lipinski definition) is 2. The van der Waals surface area contributed by atoms with Crippen LogP contribution in [0.25, 0.3) is 22.2 Å². The van der Waals surface area contributed by atoms with Gasteiger partial charge in [-0.05, 0) is 120 Å². The highest BCUT2D eigenvalue weighted by Crippen LogP contribution is 2.48. The fourth-order valence-electron chi connectivity index (χ4n) is 8.47. The van der Waals surface area contributed by atoms with Crippen LogP contribution in [0.1, 0.15) is 92.5 Å². The van der Waals surface area contributed by atoms with Gasteiger partial charge in [0.2, 0.25) is 5.91 Å². The molecule has 2 N–H and O–H groups in total. The summed E-state index contributed by atoms with van der Waals surface area (Å²) in [5.74, 6) is 1.24. The van der Waals surface area contributed by atoms with Crippen molar-refractivity contribution in [2.24, 2.45) is 11.3 Å². The summed E-state index contributed by atoms with van der Waals surface area (Å²) in [5, 5.41) is 0.857. The molecule has 2 unspecified atom stereocenters. The van der Waals surface area contributed by atoms with Gasteiger partial charge in [0.1, 0.15) is 0 Å². The number of hydrogen-bond donors (Lipinski definition) is 2. The Hall–Kier alpha value is -3.31. The van der Waals surface area contributed by atoms with Gasteiger partial charge < -0.3 is 14.9 Å². The molecule has 0 radical (unpaired) electrons. The number of nitrogens with zero attached hydrogens (tertiary/aromatic N) is 1. The summed E-state index contributed by atoms with van der Waals surface area (Å²) in [6, 6.07) is 14.8. The van der Waals surface area contributed by atoms with Crippen molar-refractivity contribution in [3.8, 4) is 11.1 Å². The quantitative estimate of drug-likeness (QED) is 0.250. The molecule has 0 bridgehead atoms. The molecule has 2 aromatic heterocycles. The minimum absolute atomic E-state index is 0.00628. The predicted octanol–water partition coefficient (Wildman–Crippen LogP) is 8.15. The summed E-state index contributed by atoms with van der Waals surface area (Å²) >= 11 is 6.62. The molecule has 1 fully saturated rings. The number of nitrogens with one attached hydrogen (secondary N) is 2. The number of amides is 1. The molecule has 0 saturated carbocycles. The first-order valence-electron chi connectivity index (χ1n) is 16.0. The van der Waals surface area contributed by atoms with Crippen molar-refractivity contribution in [1.82, 2.24) is 14.9 Å². The molecule has 6 heteroatoms. The highest BCUT2D eigenvalue weighted by atomic mass is 35.5. The minimum Gasteiger partial charge on any atom is -0.360 e. The highest BCUT2D eigenvalue weighted by molar-refractivity contribution is 6.31. The van der Waals surface area contributed by atoms with Gasteiger partial charge in [0.05, 0.1) is 11.0 Å². The molecule has 4 aromatic rings. The molecule has 2 aliphatic carbocycles. The van der Waals surface area contributed by atoms with Crippen LogP contribution in [0.15, 0.2) is 53.5 Å². The molecule has 43 heavy (non-hydrogen) atoms. The first-order valence-corrected chi connectivity index (χ1v) is 16.4. The Bertz CT molecular complexity index is 1750. The van der Waals surface area contributed by atoms with Gasteiger partial charge in [0.15, 0.2) is 0 Å². The molecule has 3 heterocycles. The van der Waals surface area contributed by atoms with E-state index in [1.807, 2.05) is 24.4 Å². The predicted molar refractivity (Wildman–Crippen MR) is 175 cm³/mol. The van der Waals surface area contributed by atoms with Crippen LogP contribution in [0.4, 0.5) is 0 Å². The largest absolute Gasteiger partial charge is 0.360 e. The van der Waals surface area contributed by atoms with Crippen molar-refractivity contribution in [1.29, 1.82) is 0 Å². The van der Waals surface area contributed by atoms with Gasteiger partial charge >= 0.3 is 0 Å². The van der Waals surface area contributed by atoms with Crippen LogP contribution in [0.2, 0.25) is 5.02 Å². The number of halogens is 1. The number of carbonyl (C=O) groups is 1. The van der Waals surface area contributed by atoms with Crippen molar-refractivity contribution >= 4 is 28.5 Å². The lowest BCUT2D eigenvalue weighted by atomic mass is 9.67. The van der Waals surface area contributed by atoms with Gasteiger partial charge in [-0.15, -0.1) is 0 Å². The SMILES string of the molecule is CC(C)(C)CC1Cc2ccc3c(c2C(CC(=O)N2CCC(c4cc5[nH]ccc5[nH]c4=O)CC2)C1)CCc1c(Cl)cccc1-3. The van der Waals surface area contributed by atoms with Gasteiger partial charge in [0, 0.05) is 36.3 Å². The van der Waals surface area contributed by atoms with E-state index in [1.165, 1.54) is 33.4 Å². The van der Waals surface area contributed by atoms with E-state index in [1.54, 1.807) is 0 Å². The van der Waals surface area contributed by atoms with Gasteiger partial charge in [-0.25, -0.2) is 0 Å². The number of aromatic amines is 2. The van der Waals surface area contributed by atoms with Crippen molar-refractivity contribution in [2.75, 3.05) is 13.1 Å². The molecule has 1 amide bonds. The molecule has 7 rings (SSSR count). The van der Waals surface area contributed by atoms with Crippen molar-refractivity contribution in [3.63, 3.8) is 0 Å². The van der Waals surface area contributed by atoms with E-state index in [-0.39, 0.29) is 28.7 Å². The smallest absolute Gasteiger partial charge is 0.252 e. The summed E-state index contributed by atoms with van der Waals surface area (Å²) in [6.07, 6.45) is 9.31. The minimum atomic E-state index is -0.00628. The summed E-state index contributed by atoms with van der Waals surface area (Å²) in [6.45, 7) is 8.40. The normalized spacial score (nSPS) is 20.5. The van der Waals surface area contributed by atoms with Crippen LogP contribution in [0, 0.1) is 11.3 Å². The molecule has 3 aliphatic rings. The monoisotopic (exact) mass is 595 g/mol. The second kappa shape index (κ2) is 11.0. The molecular formula is C37H42ClN3O2. The third kappa shape index (κ3) is 5.46. The topological polar surface area (TPSA) is 69.0 Å². The fraction of sp³-hybridized carbons (Fsp3) is 0.459. The van der Waals surface area contributed by atoms with E-state index in [4.69, 9.17) is 11.6 Å². The van der Waals surface area contributed by atoms with Crippen molar-refractivity contribution in [2.45, 2.75) is 84.0 Å². The number of aromatic nitrogens is 2. The van der Waals surface area contributed by atoms with Crippen LogP contribution in [-0.2, 0) is 24.1 Å². The molecule has 2 atom stereocenters. The number of piperidine rings is 1. The van der Waals surface area contributed by atoms with E-state index >= 15 is 0 Å². The molecule has 1 aliphatic heterocycles. The van der Waals surface area contributed by atoms with Gasteiger partial charge in [-0.3, -0.25) is 9.59 Å². The first-order chi connectivity index (χ1) is 20.6. The summed E-state index contributed by atoms with van der Waals surface area (Å²) in [7, 11) is 0. The Morgan fingerprint density at radius 1 is 1.00 bits per heavy atom. The lowest BCUT2D eigenvalue weighted by Gasteiger charge is -2.39. The second-order valence-electron chi connectivity index (χ2n) is 14.4. The maximum atomic E-state index is 14.0. The molecule has 0 spiro atoms. The highest BCUT2D eigenvalue weighted by Gasteiger charge is 2.36. The fourth-order valence-corrected chi connectivity index (χ4v) is 8.74. The number of rotatable bonds is 4. The van der Waals surface area contributed by atoms with E-state index in [9.17, 15) is 9.59 Å². The summed E-state index contributed by atoms with van der Waals surface area (Å²) in [4.78, 5) is 35.1.